The van der Waals surface area contributed by atoms with Crippen molar-refractivity contribution in [3.63, 3.8) is 0 Å². The van der Waals surface area contributed by atoms with E-state index in [2.05, 4.69) is 10.1 Å². The minimum atomic E-state index is -0.0979. The first-order valence-electron chi connectivity index (χ1n) is 8.40. The fraction of sp³-hybridized carbons (Fsp3) is 0.750. The molecule has 23 heavy (non-hydrogen) atoms. The lowest BCUT2D eigenvalue weighted by molar-refractivity contribution is -0.138. The van der Waals surface area contributed by atoms with Gasteiger partial charge in [-0.15, -0.1) is 0 Å². The Hall–Kier alpha value is -1.92. The molecule has 1 aromatic rings. The van der Waals surface area contributed by atoms with Gasteiger partial charge in [0.1, 0.15) is 0 Å². The van der Waals surface area contributed by atoms with Crippen LogP contribution in [0.5, 0.6) is 0 Å². The van der Waals surface area contributed by atoms with Crippen LogP contribution >= 0.6 is 0 Å². The highest BCUT2D eigenvalue weighted by molar-refractivity contribution is 5.86. The van der Waals surface area contributed by atoms with Crippen molar-refractivity contribution in [3.8, 4) is 0 Å². The molecule has 1 saturated heterocycles. The van der Waals surface area contributed by atoms with Gasteiger partial charge < -0.3 is 14.3 Å². The second-order valence-corrected chi connectivity index (χ2v) is 6.69. The number of nitrogens with zero attached hydrogens (tertiary/aromatic N) is 4. The first kappa shape index (κ1) is 16.0. The first-order valence-corrected chi connectivity index (χ1v) is 8.40. The number of carbonyl (C=O) groups is 2. The average molecular weight is 320 g/mol. The second kappa shape index (κ2) is 6.68. The Balaban J connectivity index is 1.55. The van der Waals surface area contributed by atoms with Crippen LogP contribution in [0.3, 0.4) is 0 Å². The van der Waals surface area contributed by atoms with Gasteiger partial charge in [0, 0.05) is 25.4 Å². The largest absolute Gasteiger partial charge is 0.339 e. The van der Waals surface area contributed by atoms with Crippen LogP contribution in [0.1, 0.15) is 63.1 Å². The topological polar surface area (TPSA) is 79.5 Å². The lowest BCUT2D eigenvalue weighted by atomic mass is 10.1. The number of hydrogen-bond donors (Lipinski definition) is 0. The summed E-state index contributed by atoms with van der Waals surface area (Å²) in [6.45, 7) is 2.42. The van der Waals surface area contributed by atoms with Crippen LogP contribution in [0.15, 0.2) is 4.52 Å². The molecule has 1 aromatic heterocycles. The summed E-state index contributed by atoms with van der Waals surface area (Å²) in [5.74, 6) is 1.56. The zero-order chi connectivity index (χ0) is 16.4. The van der Waals surface area contributed by atoms with E-state index in [4.69, 9.17) is 4.52 Å². The third-order valence-electron chi connectivity index (χ3n) is 4.93. The molecule has 2 aliphatic rings. The van der Waals surface area contributed by atoms with Gasteiger partial charge in [0.2, 0.25) is 17.7 Å². The van der Waals surface area contributed by atoms with Gasteiger partial charge in [0.05, 0.1) is 13.1 Å². The van der Waals surface area contributed by atoms with Crippen molar-refractivity contribution in [1.29, 1.82) is 0 Å². The molecule has 0 aromatic carbocycles. The molecule has 0 radical (unpaired) electrons. The van der Waals surface area contributed by atoms with Crippen LogP contribution in [0.25, 0.3) is 0 Å². The van der Waals surface area contributed by atoms with Gasteiger partial charge in [0.15, 0.2) is 5.82 Å². The third kappa shape index (κ3) is 3.54. The summed E-state index contributed by atoms with van der Waals surface area (Å²) in [4.78, 5) is 31.7. The van der Waals surface area contributed by atoms with E-state index < -0.39 is 0 Å². The van der Waals surface area contributed by atoms with E-state index in [1.54, 1.807) is 16.8 Å². The van der Waals surface area contributed by atoms with Crippen LogP contribution in [0.2, 0.25) is 0 Å². The minimum absolute atomic E-state index is 0.0577. The van der Waals surface area contributed by atoms with Crippen molar-refractivity contribution in [3.05, 3.63) is 11.7 Å². The number of hydrogen-bond acceptors (Lipinski definition) is 5. The number of amides is 2. The monoisotopic (exact) mass is 320 g/mol. The van der Waals surface area contributed by atoms with Crippen LogP contribution < -0.4 is 0 Å². The minimum Gasteiger partial charge on any atom is -0.339 e. The molecular formula is C16H24N4O3. The summed E-state index contributed by atoms with van der Waals surface area (Å²) in [5, 5.41) is 3.98. The quantitative estimate of drug-likeness (QED) is 0.825. The Bertz CT molecular complexity index is 580. The summed E-state index contributed by atoms with van der Waals surface area (Å²) < 4.78 is 5.33. The maximum Gasteiger partial charge on any atom is 0.242 e. The van der Waals surface area contributed by atoms with E-state index in [1.807, 2.05) is 6.92 Å². The van der Waals surface area contributed by atoms with E-state index in [9.17, 15) is 9.59 Å². The summed E-state index contributed by atoms with van der Waals surface area (Å²) >= 11 is 0. The zero-order valence-corrected chi connectivity index (χ0v) is 13.8. The van der Waals surface area contributed by atoms with Gasteiger partial charge in [-0.2, -0.15) is 4.98 Å². The molecule has 7 heteroatoms. The fourth-order valence-electron chi connectivity index (χ4n) is 3.36. The van der Waals surface area contributed by atoms with Crippen molar-refractivity contribution in [2.75, 3.05) is 13.6 Å². The predicted molar refractivity (Wildman–Crippen MR) is 82.4 cm³/mol. The maximum atomic E-state index is 12.3. The van der Waals surface area contributed by atoms with Crippen LogP contribution in [-0.4, -0.2) is 51.4 Å². The molecule has 1 atom stereocenters. The first-order chi connectivity index (χ1) is 11.0. The smallest absolute Gasteiger partial charge is 0.242 e. The molecule has 0 N–H and O–H groups in total. The number of likely N-dealkylation sites (tertiary alicyclic amines) is 1. The summed E-state index contributed by atoms with van der Waals surface area (Å²) in [6, 6.07) is 0.138. The number of likely N-dealkylation sites (N-methyl/N-ethyl adjacent to an activating group) is 1. The van der Waals surface area contributed by atoms with Gasteiger partial charge in [-0.05, 0) is 26.2 Å². The number of rotatable bonds is 5. The summed E-state index contributed by atoms with van der Waals surface area (Å²) in [5.41, 5.74) is 0. The predicted octanol–water partition coefficient (Wildman–Crippen LogP) is 1.70. The highest BCUT2D eigenvalue weighted by Gasteiger charge is 2.30. The van der Waals surface area contributed by atoms with Gasteiger partial charge in [-0.1, -0.05) is 18.0 Å². The summed E-state index contributed by atoms with van der Waals surface area (Å²) in [7, 11) is 1.71. The van der Waals surface area contributed by atoms with Gasteiger partial charge in [-0.3, -0.25) is 9.59 Å². The molecule has 1 unspecified atom stereocenters. The highest BCUT2D eigenvalue weighted by Crippen LogP contribution is 2.32. The molecule has 1 saturated carbocycles. The molecule has 0 bridgehead atoms. The van der Waals surface area contributed by atoms with E-state index >= 15 is 0 Å². The van der Waals surface area contributed by atoms with E-state index in [1.165, 1.54) is 12.8 Å². The average Bonchev–Trinajstić information content (AvgIpc) is 3.24. The number of aromatic nitrogens is 2. The maximum absolute atomic E-state index is 12.3. The Labute approximate surface area is 136 Å². The molecule has 1 aliphatic carbocycles. The fourth-order valence-corrected chi connectivity index (χ4v) is 3.36. The van der Waals surface area contributed by atoms with E-state index in [0.717, 1.165) is 19.3 Å². The molecule has 2 heterocycles. The lowest BCUT2D eigenvalue weighted by Gasteiger charge is -2.24. The Morgan fingerprint density at radius 1 is 1.35 bits per heavy atom. The summed E-state index contributed by atoms with van der Waals surface area (Å²) in [6.07, 6.45) is 5.99. The Morgan fingerprint density at radius 3 is 2.74 bits per heavy atom. The van der Waals surface area contributed by atoms with Crippen molar-refractivity contribution in [1.82, 2.24) is 19.9 Å². The number of carbonyl (C=O) groups excluding carboxylic acids is 2. The van der Waals surface area contributed by atoms with Crippen molar-refractivity contribution >= 4 is 11.8 Å². The van der Waals surface area contributed by atoms with E-state index in [0.29, 0.717) is 30.6 Å². The third-order valence-corrected chi connectivity index (χ3v) is 4.93. The molecule has 3 rings (SSSR count). The molecule has 126 valence electrons. The Kier molecular flexibility index (Phi) is 4.63. The van der Waals surface area contributed by atoms with Gasteiger partial charge >= 0.3 is 0 Å². The molecule has 0 spiro atoms. The van der Waals surface area contributed by atoms with Gasteiger partial charge in [-0.25, -0.2) is 0 Å². The van der Waals surface area contributed by atoms with Crippen molar-refractivity contribution < 1.29 is 14.1 Å². The van der Waals surface area contributed by atoms with Crippen LogP contribution in [0.4, 0.5) is 0 Å². The van der Waals surface area contributed by atoms with Crippen LogP contribution in [0, 0.1) is 0 Å². The molecule has 2 amide bonds. The SMILES string of the molecule is CC1CCC(=O)N1CC(=O)N(C)Cc1noc(C2CCCC2)n1. The molecule has 1 aliphatic heterocycles. The van der Waals surface area contributed by atoms with Crippen molar-refractivity contribution in [2.24, 2.45) is 0 Å². The lowest BCUT2D eigenvalue weighted by Crippen LogP contribution is -2.41. The standard InChI is InChI=1S/C16H24N4O3/c1-11-7-8-14(21)20(11)10-15(22)19(2)9-13-17-16(23-18-13)12-5-3-4-6-12/h11-12H,3-10H2,1-2H3. The molecular weight excluding hydrogens is 296 g/mol. The molecule has 2 fully saturated rings. The zero-order valence-electron chi connectivity index (χ0n) is 13.8. The second-order valence-electron chi connectivity index (χ2n) is 6.69. The Morgan fingerprint density at radius 2 is 2.09 bits per heavy atom. The van der Waals surface area contributed by atoms with Gasteiger partial charge in [0.25, 0.3) is 0 Å². The van der Waals surface area contributed by atoms with E-state index in [-0.39, 0.29) is 24.4 Å². The van der Waals surface area contributed by atoms with Crippen molar-refractivity contribution in [2.45, 2.75) is 64.0 Å². The highest BCUT2D eigenvalue weighted by atomic mass is 16.5. The molecule has 7 nitrogen and oxygen atoms in total. The normalized spacial score (nSPS) is 22.1. The van der Waals surface area contributed by atoms with Crippen LogP contribution in [-0.2, 0) is 16.1 Å².